The third kappa shape index (κ3) is 15.3. The second-order valence-corrected chi connectivity index (χ2v) is 23.8. The first-order valence-corrected chi connectivity index (χ1v) is 26.9. The molecule has 0 spiro atoms. The molecule has 16 nitrogen and oxygen atoms in total. The van der Waals surface area contributed by atoms with Crippen LogP contribution in [0.15, 0.2) is 118 Å². The van der Waals surface area contributed by atoms with Crippen LogP contribution in [0.5, 0.6) is 23.3 Å². The SMILES string of the molecule is CC(C)(C)S(=O)N=C1COC1.CCn1nc(-c2cccc(Br)c2)cc1Oc1ccc(C(OC)OC)cc1.CCn1nc(-c2cccc(C3(NS(=O)C(C)(C)C)COC3)c2)cc1Oc1ccc(C(OC)OC)cc1. The topological polar surface area (TPSA) is 168 Å². The van der Waals surface area contributed by atoms with Crippen molar-refractivity contribution in [3.63, 3.8) is 0 Å². The van der Waals surface area contributed by atoms with E-state index in [1.807, 2.05) is 168 Å². The van der Waals surface area contributed by atoms with Gasteiger partial charge in [0.25, 0.3) is 0 Å². The van der Waals surface area contributed by atoms with E-state index < -0.39 is 33.8 Å². The zero-order valence-corrected chi connectivity index (χ0v) is 47.0. The van der Waals surface area contributed by atoms with Gasteiger partial charge in [0, 0.05) is 80.4 Å². The van der Waals surface area contributed by atoms with Gasteiger partial charge in [0.1, 0.15) is 28.0 Å². The maximum Gasteiger partial charge on any atom is 0.218 e. The normalized spacial score (nSPS) is 15.0. The van der Waals surface area contributed by atoms with E-state index in [4.69, 9.17) is 43.0 Å². The van der Waals surface area contributed by atoms with Crippen molar-refractivity contribution in [2.45, 2.75) is 96.1 Å². The number of rotatable bonds is 18. The summed E-state index contributed by atoms with van der Waals surface area (Å²) in [5.41, 5.74) is 6.97. The summed E-state index contributed by atoms with van der Waals surface area (Å²) >= 11 is 3.50. The quantitative estimate of drug-likeness (QED) is 0.0810. The van der Waals surface area contributed by atoms with Crippen molar-refractivity contribution in [1.82, 2.24) is 24.3 Å². The number of benzene rings is 4. The van der Waals surface area contributed by atoms with Crippen LogP contribution in [-0.4, -0.2) is 98.1 Å². The van der Waals surface area contributed by atoms with E-state index in [1.165, 1.54) is 0 Å². The van der Waals surface area contributed by atoms with Gasteiger partial charge in [0.15, 0.2) is 12.6 Å². The Morgan fingerprint density at radius 2 is 1.12 bits per heavy atom. The standard InChI is InChI=1S/C27H35N3O5S.C20H21BrN2O3.C7H13NO2S/c1-7-30-24(35-22-13-11-19(12-14-22)25(32-5)33-6)16-23(28-30)20-9-8-10-21(15-20)27(17-34-18-27)29-36(31)26(2,3)4;1-4-23-19(13-18(22-23)15-6-5-7-16(21)12-15)26-17-10-8-14(9-11-17)20(24-2)25-3;1-7(2,3)11(9)8-6-4-10-5-6/h8-16,25,29H,7,17-18H2,1-6H3;5-13,20H,4H2,1-3H3;4-5H2,1-3H3. The molecule has 2 atom stereocenters. The molecule has 0 aliphatic carbocycles. The summed E-state index contributed by atoms with van der Waals surface area (Å²) in [6.45, 7) is 19.1. The Hall–Kier alpha value is -4.93. The van der Waals surface area contributed by atoms with E-state index in [0.717, 1.165) is 61.7 Å². The largest absolute Gasteiger partial charge is 0.439 e. The number of hydrogen-bond donors (Lipinski definition) is 1. The number of methoxy groups -OCH3 is 4. The highest BCUT2D eigenvalue weighted by Gasteiger charge is 2.43. The lowest BCUT2D eigenvalue weighted by Gasteiger charge is -2.43. The number of nitrogens with zero attached hydrogens (tertiary/aromatic N) is 5. The van der Waals surface area contributed by atoms with Crippen LogP contribution in [0.3, 0.4) is 0 Å². The fourth-order valence-electron chi connectivity index (χ4n) is 7.11. The van der Waals surface area contributed by atoms with Crippen molar-refractivity contribution < 1.29 is 46.3 Å². The lowest BCUT2D eigenvalue weighted by molar-refractivity contribution is -0.106. The van der Waals surface area contributed by atoms with Crippen molar-refractivity contribution in [2.75, 3.05) is 54.9 Å². The highest BCUT2D eigenvalue weighted by molar-refractivity contribution is 9.10. The molecule has 2 aliphatic rings. The highest BCUT2D eigenvalue weighted by atomic mass is 79.9. The zero-order valence-electron chi connectivity index (χ0n) is 43.8. The summed E-state index contributed by atoms with van der Waals surface area (Å²) < 4.78 is 79.4. The molecule has 0 radical (unpaired) electrons. The maximum absolute atomic E-state index is 12.9. The molecule has 2 saturated heterocycles. The lowest BCUT2D eigenvalue weighted by atomic mass is 9.88. The minimum Gasteiger partial charge on any atom is -0.439 e. The van der Waals surface area contributed by atoms with Crippen molar-refractivity contribution in [3.8, 4) is 45.8 Å². The molecule has 73 heavy (non-hydrogen) atoms. The van der Waals surface area contributed by atoms with Gasteiger partial charge < -0.3 is 37.9 Å². The van der Waals surface area contributed by atoms with Gasteiger partial charge in [-0.15, -0.1) is 0 Å². The Balaban J connectivity index is 0.000000204. The number of halogens is 1. The van der Waals surface area contributed by atoms with E-state index in [-0.39, 0.29) is 15.8 Å². The molecule has 2 aromatic heterocycles. The van der Waals surface area contributed by atoms with Gasteiger partial charge in [-0.25, -0.2) is 22.5 Å². The van der Waals surface area contributed by atoms with Crippen molar-refractivity contribution in [3.05, 3.63) is 130 Å². The predicted octanol–water partition coefficient (Wildman–Crippen LogP) is 11.3. The average molecular weight is 1110 g/mol. The van der Waals surface area contributed by atoms with Crippen LogP contribution in [-0.2, 0) is 69.0 Å². The molecule has 2 unspecified atom stereocenters. The van der Waals surface area contributed by atoms with Crippen LogP contribution < -0.4 is 14.2 Å². The van der Waals surface area contributed by atoms with Crippen molar-refractivity contribution in [2.24, 2.45) is 4.40 Å². The third-order valence-corrected chi connectivity index (χ3v) is 15.0. The van der Waals surface area contributed by atoms with Crippen molar-refractivity contribution in [1.29, 1.82) is 0 Å². The lowest BCUT2D eigenvalue weighted by Crippen LogP contribution is -2.59. The third-order valence-electron chi connectivity index (χ3n) is 11.3. The van der Waals surface area contributed by atoms with Crippen LogP contribution in [0.1, 0.15) is 84.7 Å². The van der Waals surface area contributed by atoms with Crippen molar-refractivity contribution >= 4 is 43.6 Å². The Kier molecular flexibility index (Phi) is 20.4. The molecule has 0 bridgehead atoms. The number of ether oxygens (including phenoxy) is 8. The van der Waals surface area contributed by atoms with Crippen LogP contribution in [0, 0.1) is 0 Å². The zero-order chi connectivity index (χ0) is 52.9. The van der Waals surface area contributed by atoms with E-state index in [9.17, 15) is 8.42 Å². The maximum atomic E-state index is 12.9. The number of hydrogen-bond acceptors (Lipinski definition) is 12. The van der Waals surface area contributed by atoms with E-state index in [0.29, 0.717) is 50.5 Å². The molecule has 8 rings (SSSR count). The fraction of sp³-hybridized carbons (Fsp3) is 0.426. The van der Waals surface area contributed by atoms with Crippen LogP contribution in [0.2, 0.25) is 0 Å². The summed E-state index contributed by atoms with van der Waals surface area (Å²) in [4.78, 5) is 0. The summed E-state index contributed by atoms with van der Waals surface area (Å²) in [5, 5.41) is 9.41. The minimum absolute atomic E-state index is 0.247. The second-order valence-electron chi connectivity index (χ2n) is 19.0. The summed E-state index contributed by atoms with van der Waals surface area (Å²) in [7, 11) is 4.11. The monoisotopic (exact) mass is 1100 g/mol. The summed E-state index contributed by atoms with van der Waals surface area (Å²) in [6, 6.07) is 35.3. The molecule has 4 heterocycles. The Labute approximate surface area is 443 Å². The molecule has 19 heteroatoms. The highest BCUT2D eigenvalue weighted by Crippen LogP contribution is 2.36. The van der Waals surface area contributed by atoms with Crippen LogP contribution >= 0.6 is 15.9 Å². The molecule has 0 saturated carbocycles. The second kappa shape index (κ2) is 26.0. The van der Waals surface area contributed by atoms with E-state index in [2.05, 4.69) is 36.2 Å². The Morgan fingerprint density at radius 3 is 1.49 bits per heavy atom. The molecule has 2 aliphatic heterocycles. The molecular weight excluding hydrogens is 1040 g/mol. The Bertz CT molecular complexity index is 2790. The number of aryl methyl sites for hydroxylation is 2. The van der Waals surface area contributed by atoms with Gasteiger partial charge in [-0.3, -0.25) is 0 Å². The van der Waals surface area contributed by atoms with Gasteiger partial charge in [-0.05, 0) is 103 Å². The number of aromatic nitrogens is 4. The summed E-state index contributed by atoms with van der Waals surface area (Å²) in [6.07, 6.45) is -0.799. The van der Waals surface area contributed by atoms with Gasteiger partial charge in [0.05, 0.1) is 64.0 Å². The molecule has 6 aromatic rings. The van der Waals surface area contributed by atoms with Crippen LogP contribution in [0.4, 0.5) is 0 Å². The van der Waals surface area contributed by atoms with Crippen LogP contribution in [0.25, 0.3) is 22.5 Å². The first kappa shape index (κ1) is 57.4. The summed E-state index contributed by atoms with van der Waals surface area (Å²) in [5.74, 6) is 2.77. The van der Waals surface area contributed by atoms with Gasteiger partial charge in [-0.2, -0.15) is 14.6 Å². The first-order chi connectivity index (χ1) is 34.8. The van der Waals surface area contributed by atoms with E-state index in [1.54, 1.807) is 28.4 Å². The molecule has 1 N–H and O–H groups in total. The Morgan fingerprint density at radius 1 is 0.658 bits per heavy atom. The van der Waals surface area contributed by atoms with Gasteiger partial charge in [0.2, 0.25) is 11.8 Å². The fourth-order valence-corrected chi connectivity index (χ4v) is 9.02. The van der Waals surface area contributed by atoms with E-state index >= 15 is 0 Å². The number of nitrogens with one attached hydrogen (secondary N) is 1. The van der Waals surface area contributed by atoms with Gasteiger partial charge in [-0.1, -0.05) is 70.5 Å². The smallest absolute Gasteiger partial charge is 0.218 e. The molecular formula is C54H69BrN6O10S2. The molecule has 4 aromatic carbocycles. The molecule has 2 fully saturated rings. The molecule has 0 amide bonds. The average Bonchev–Trinajstić information content (AvgIpc) is 3.96. The van der Waals surface area contributed by atoms with Gasteiger partial charge >= 0.3 is 0 Å². The molecule has 394 valence electrons. The first-order valence-electron chi connectivity index (χ1n) is 23.9. The predicted molar refractivity (Wildman–Crippen MR) is 291 cm³/mol. The minimum atomic E-state index is -1.22.